The van der Waals surface area contributed by atoms with Crippen molar-refractivity contribution in [2.75, 3.05) is 49.5 Å². The smallest absolute Gasteiger partial charge is 0.276 e. The van der Waals surface area contributed by atoms with E-state index in [-0.39, 0.29) is 23.6 Å². The summed E-state index contributed by atoms with van der Waals surface area (Å²) >= 11 is 0. The molecule has 1 N–H and O–H groups in total. The highest BCUT2D eigenvalue weighted by Gasteiger charge is 2.32. The van der Waals surface area contributed by atoms with Gasteiger partial charge in [-0.3, -0.25) is 14.2 Å². The summed E-state index contributed by atoms with van der Waals surface area (Å²) in [7, 11) is 4.98. The molecule has 4 aromatic rings. The summed E-state index contributed by atoms with van der Waals surface area (Å²) < 4.78 is 18.4. The number of aryl methyl sites for hydroxylation is 1. The molecule has 0 unspecified atom stereocenters. The van der Waals surface area contributed by atoms with Crippen molar-refractivity contribution in [1.82, 2.24) is 14.5 Å². The molecule has 2 aliphatic rings. The summed E-state index contributed by atoms with van der Waals surface area (Å²) in [6.07, 6.45) is 6.59. The van der Waals surface area contributed by atoms with Crippen molar-refractivity contribution < 1.29 is 19.0 Å². The Morgan fingerprint density at radius 3 is 2.57 bits per heavy atom. The number of aromatic nitrogens is 3. The first kappa shape index (κ1) is 31.1. The minimum absolute atomic E-state index is 0.0496. The molecule has 0 atom stereocenters. The molecule has 11 nitrogen and oxygen atoms in total. The Hall–Kier alpha value is -4.90. The summed E-state index contributed by atoms with van der Waals surface area (Å²) in [6, 6.07) is 13.4. The average molecular weight is 625 g/mol. The Morgan fingerprint density at radius 1 is 1.04 bits per heavy atom. The third-order valence-corrected chi connectivity index (χ3v) is 9.08. The van der Waals surface area contributed by atoms with E-state index in [4.69, 9.17) is 19.2 Å². The van der Waals surface area contributed by atoms with E-state index in [0.29, 0.717) is 48.4 Å². The molecule has 1 aliphatic carbocycles. The average Bonchev–Trinajstić information content (AvgIpc) is 3.10. The van der Waals surface area contributed by atoms with Crippen LogP contribution in [0, 0.1) is 6.92 Å². The molecule has 3 heterocycles. The fourth-order valence-corrected chi connectivity index (χ4v) is 6.66. The number of rotatable bonds is 9. The van der Waals surface area contributed by atoms with Gasteiger partial charge >= 0.3 is 0 Å². The van der Waals surface area contributed by atoms with Gasteiger partial charge < -0.3 is 29.3 Å². The van der Waals surface area contributed by atoms with E-state index in [2.05, 4.69) is 16.9 Å². The number of hydrogen-bond acceptors (Lipinski definition) is 9. The van der Waals surface area contributed by atoms with Crippen LogP contribution in [0.15, 0.2) is 66.1 Å². The Morgan fingerprint density at radius 2 is 1.85 bits per heavy atom. The van der Waals surface area contributed by atoms with E-state index in [1.165, 1.54) is 6.08 Å². The van der Waals surface area contributed by atoms with Crippen molar-refractivity contribution in [3.05, 3.63) is 82.8 Å². The quantitative estimate of drug-likeness (QED) is 0.240. The lowest BCUT2D eigenvalue weighted by atomic mass is 9.92. The minimum Gasteiger partial charge on any atom is -0.497 e. The molecule has 0 saturated heterocycles. The molecular weight excluding hydrogens is 584 g/mol. The van der Waals surface area contributed by atoms with Crippen LogP contribution in [0.3, 0.4) is 0 Å². The minimum atomic E-state index is -0.165. The van der Waals surface area contributed by atoms with Crippen molar-refractivity contribution in [1.29, 1.82) is 0 Å². The van der Waals surface area contributed by atoms with Gasteiger partial charge in [0.1, 0.15) is 22.8 Å². The number of methoxy groups -OCH3 is 3. The van der Waals surface area contributed by atoms with Gasteiger partial charge in [-0.25, -0.2) is 4.98 Å². The van der Waals surface area contributed by atoms with Crippen molar-refractivity contribution in [3.63, 3.8) is 0 Å². The summed E-state index contributed by atoms with van der Waals surface area (Å²) in [4.78, 5) is 40.7. The Balaban J connectivity index is 1.43. The zero-order chi connectivity index (χ0) is 32.4. The molecule has 240 valence electrons. The second-order valence-corrected chi connectivity index (χ2v) is 11.7. The van der Waals surface area contributed by atoms with Crippen LogP contribution in [0.5, 0.6) is 11.5 Å². The fourth-order valence-electron chi connectivity index (χ4n) is 6.66. The molecule has 6 rings (SSSR count). The summed E-state index contributed by atoms with van der Waals surface area (Å²) in [5.74, 6) is 1.64. The first-order valence-electron chi connectivity index (χ1n) is 15.6. The number of hydrogen-bond donors (Lipinski definition) is 1. The number of nitrogens with zero attached hydrogens (tertiary/aromatic N) is 5. The highest BCUT2D eigenvalue weighted by molar-refractivity contribution is 6.05. The van der Waals surface area contributed by atoms with E-state index in [9.17, 15) is 9.59 Å². The number of nitrogens with one attached hydrogen (secondary N) is 1. The Kier molecular flexibility index (Phi) is 8.94. The van der Waals surface area contributed by atoms with Crippen LogP contribution in [-0.4, -0.2) is 61.0 Å². The van der Waals surface area contributed by atoms with Gasteiger partial charge in [0.25, 0.3) is 11.5 Å². The molecule has 0 bridgehead atoms. The van der Waals surface area contributed by atoms with Gasteiger partial charge in [0.2, 0.25) is 5.95 Å². The monoisotopic (exact) mass is 624 g/mol. The number of carbonyl (C=O) groups is 1. The molecule has 2 aromatic heterocycles. The zero-order valence-corrected chi connectivity index (χ0v) is 26.8. The molecule has 1 aliphatic heterocycles. The largest absolute Gasteiger partial charge is 0.497 e. The van der Waals surface area contributed by atoms with E-state index in [0.717, 1.165) is 53.6 Å². The van der Waals surface area contributed by atoms with Gasteiger partial charge in [-0.15, -0.1) is 0 Å². The van der Waals surface area contributed by atoms with Gasteiger partial charge in [0, 0.05) is 56.0 Å². The molecule has 1 fully saturated rings. The van der Waals surface area contributed by atoms with Gasteiger partial charge in [-0.1, -0.05) is 18.7 Å². The topological polar surface area (TPSA) is 111 Å². The van der Waals surface area contributed by atoms with E-state index >= 15 is 0 Å². The first-order chi connectivity index (χ1) is 22.4. The highest BCUT2D eigenvalue weighted by Crippen LogP contribution is 2.40. The predicted octanol–water partition coefficient (Wildman–Crippen LogP) is 5.53. The number of pyridine rings is 1. The third-order valence-electron chi connectivity index (χ3n) is 9.08. The van der Waals surface area contributed by atoms with Crippen LogP contribution in [0.4, 0.5) is 23.0 Å². The number of anilines is 4. The fraction of sp³-hybridized carbons (Fsp3) is 0.371. The summed E-state index contributed by atoms with van der Waals surface area (Å²) in [6.45, 7) is 6.97. The molecular formula is C35H40N6O5. The number of benzene rings is 2. The maximum absolute atomic E-state index is 14.6. The normalized spacial score (nSPS) is 17.8. The first-order valence-corrected chi connectivity index (χ1v) is 15.6. The maximum atomic E-state index is 14.6. The van der Waals surface area contributed by atoms with Crippen LogP contribution < -0.4 is 30.1 Å². The lowest BCUT2D eigenvalue weighted by Gasteiger charge is -2.38. The third kappa shape index (κ3) is 5.78. The van der Waals surface area contributed by atoms with Crippen molar-refractivity contribution in [3.8, 4) is 11.5 Å². The van der Waals surface area contributed by atoms with E-state index in [1.807, 2.05) is 58.9 Å². The second-order valence-electron chi connectivity index (χ2n) is 11.7. The van der Waals surface area contributed by atoms with E-state index < -0.39 is 0 Å². The number of carbonyl (C=O) groups excluding carboxylic acids is 1. The number of ether oxygens (including phenoxy) is 3. The predicted molar refractivity (Wildman–Crippen MR) is 180 cm³/mol. The van der Waals surface area contributed by atoms with Crippen molar-refractivity contribution >= 4 is 40.0 Å². The second kappa shape index (κ2) is 13.2. The van der Waals surface area contributed by atoms with Crippen LogP contribution in [-0.2, 0) is 16.1 Å². The summed E-state index contributed by atoms with van der Waals surface area (Å²) in [5.41, 5.74) is 4.45. The Bertz CT molecular complexity index is 1830. The standard InChI is InChI=1S/C35H40N6O5/c1-6-31(42)40-17-16-39(28-9-7-8-22(2)32(28)40)29-18-24-21-37-35(36-20-23-10-13-27(45-4)19-30(23)46-5)38-33(24)41(34(29)43)25-11-14-26(44-3)15-12-25/h6-10,13,18-19,21,25-26H,1,11-12,14-17,20H2,2-5H3,(H,36,37,38). The molecule has 11 heteroatoms. The molecule has 0 spiro atoms. The highest BCUT2D eigenvalue weighted by atomic mass is 16.5. The van der Waals surface area contributed by atoms with Crippen LogP contribution in [0.1, 0.15) is 42.9 Å². The van der Waals surface area contributed by atoms with Crippen LogP contribution in [0.25, 0.3) is 11.0 Å². The van der Waals surface area contributed by atoms with Crippen molar-refractivity contribution in [2.24, 2.45) is 0 Å². The van der Waals surface area contributed by atoms with Gasteiger partial charge in [-0.05, 0) is 68.5 Å². The van der Waals surface area contributed by atoms with Gasteiger partial charge in [0.05, 0.1) is 31.7 Å². The number of fused-ring (bicyclic) bond motifs is 2. The lowest BCUT2D eigenvalue weighted by molar-refractivity contribution is -0.114. The van der Waals surface area contributed by atoms with Gasteiger partial charge in [-0.2, -0.15) is 4.98 Å². The molecule has 1 saturated carbocycles. The SMILES string of the molecule is C=CC(=O)N1CCN(c2cc3cnc(NCc4ccc(OC)cc4OC)nc3n(C3CCC(OC)CC3)c2=O)c2cccc(C)c21. The molecule has 1 amide bonds. The van der Waals surface area contributed by atoms with Crippen molar-refractivity contribution in [2.45, 2.75) is 51.3 Å². The maximum Gasteiger partial charge on any atom is 0.276 e. The summed E-state index contributed by atoms with van der Waals surface area (Å²) in [5, 5.41) is 4.07. The van der Waals surface area contributed by atoms with Crippen LogP contribution >= 0.6 is 0 Å². The lowest BCUT2D eigenvalue weighted by Crippen LogP contribution is -2.44. The van der Waals surface area contributed by atoms with Crippen LogP contribution in [0.2, 0.25) is 0 Å². The Labute approximate surface area is 268 Å². The molecule has 2 aromatic carbocycles. The van der Waals surface area contributed by atoms with E-state index in [1.54, 1.807) is 32.4 Å². The van der Waals surface area contributed by atoms with Gasteiger partial charge in [0.15, 0.2) is 0 Å². The zero-order valence-electron chi connectivity index (χ0n) is 26.8. The number of amides is 1. The molecule has 46 heavy (non-hydrogen) atoms. The molecule has 0 radical (unpaired) electrons. The number of para-hydroxylation sites is 1.